The number of nitrogens with one attached hydrogen (secondary N) is 1. The lowest BCUT2D eigenvalue weighted by molar-refractivity contribution is -0.148. The number of aliphatic hydroxyl groups is 1. The lowest BCUT2D eigenvalue weighted by atomic mass is 9.67. The van der Waals surface area contributed by atoms with Crippen LogP contribution in [-0.2, 0) is 19.1 Å². The van der Waals surface area contributed by atoms with E-state index in [1.807, 2.05) is 13.8 Å². The van der Waals surface area contributed by atoms with Gasteiger partial charge < -0.3 is 19.9 Å². The van der Waals surface area contributed by atoms with Crippen LogP contribution in [0.15, 0.2) is 22.8 Å². The summed E-state index contributed by atoms with van der Waals surface area (Å²) in [5, 5.41) is 13.7. The highest BCUT2D eigenvalue weighted by Gasteiger charge is 2.67. The van der Waals surface area contributed by atoms with E-state index in [2.05, 4.69) is 5.32 Å². The van der Waals surface area contributed by atoms with Crippen molar-refractivity contribution in [3.63, 3.8) is 0 Å². The summed E-state index contributed by atoms with van der Waals surface area (Å²) in [5.41, 5.74) is -1.64. The van der Waals surface area contributed by atoms with E-state index in [1.54, 1.807) is 33.8 Å². The highest BCUT2D eigenvalue weighted by molar-refractivity contribution is 6.09. The number of rotatable bonds is 3. The average molecular weight is 405 g/mol. The van der Waals surface area contributed by atoms with Crippen LogP contribution in [-0.4, -0.2) is 46.8 Å². The Bertz CT molecular complexity index is 840. The minimum atomic E-state index is -1.49. The Labute approximate surface area is 171 Å². The van der Waals surface area contributed by atoms with Gasteiger partial charge in [-0.15, -0.1) is 0 Å². The van der Waals surface area contributed by atoms with E-state index in [1.165, 1.54) is 6.92 Å². The zero-order chi connectivity index (χ0) is 22.0. The van der Waals surface area contributed by atoms with Crippen molar-refractivity contribution < 1.29 is 29.0 Å². The normalized spacial score (nSPS) is 32.6. The molecule has 1 spiro atoms. The van der Waals surface area contributed by atoms with Gasteiger partial charge in [-0.05, 0) is 47.5 Å². The Balaban J connectivity index is 1.98. The number of hydrogen-bond acceptors (Lipinski definition) is 6. The minimum Gasteiger partial charge on any atom is -0.457 e. The Morgan fingerprint density at radius 3 is 2.34 bits per heavy atom. The fourth-order valence-corrected chi connectivity index (χ4v) is 4.71. The molecule has 0 aliphatic heterocycles. The van der Waals surface area contributed by atoms with Crippen LogP contribution in [0.25, 0.3) is 0 Å². The van der Waals surface area contributed by atoms with Crippen molar-refractivity contribution in [2.45, 2.75) is 78.6 Å². The van der Waals surface area contributed by atoms with Crippen molar-refractivity contribution in [3.8, 4) is 0 Å². The van der Waals surface area contributed by atoms with Gasteiger partial charge in [-0.1, -0.05) is 18.6 Å². The predicted molar refractivity (Wildman–Crippen MR) is 106 cm³/mol. The first-order chi connectivity index (χ1) is 13.1. The highest BCUT2D eigenvalue weighted by atomic mass is 16.6. The Morgan fingerprint density at radius 2 is 1.86 bits per heavy atom. The van der Waals surface area contributed by atoms with Gasteiger partial charge in [0.1, 0.15) is 17.3 Å². The molecule has 7 heteroatoms. The molecule has 0 radical (unpaired) electrons. The molecule has 1 amide bonds. The third kappa shape index (κ3) is 3.39. The quantitative estimate of drug-likeness (QED) is 0.700. The van der Waals surface area contributed by atoms with Gasteiger partial charge in [-0.2, -0.15) is 0 Å². The molecule has 3 rings (SSSR count). The lowest BCUT2D eigenvalue weighted by Crippen LogP contribution is -2.50. The van der Waals surface area contributed by atoms with Gasteiger partial charge >= 0.3 is 12.1 Å². The maximum absolute atomic E-state index is 13.2. The molecule has 0 aromatic heterocycles. The van der Waals surface area contributed by atoms with Gasteiger partial charge in [0.25, 0.3) is 0 Å². The van der Waals surface area contributed by atoms with E-state index >= 15 is 0 Å². The number of amides is 1. The van der Waals surface area contributed by atoms with Crippen LogP contribution in [0.3, 0.4) is 0 Å². The van der Waals surface area contributed by atoms with Crippen molar-refractivity contribution >= 4 is 17.8 Å². The fourth-order valence-electron chi connectivity index (χ4n) is 4.71. The van der Waals surface area contributed by atoms with Crippen molar-refractivity contribution in [2.24, 2.45) is 10.8 Å². The van der Waals surface area contributed by atoms with Crippen molar-refractivity contribution in [1.29, 1.82) is 0 Å². The summed E-state index contributed by atoms with van der Waals surface area (Å²) >= 11 is 0. The number of carbonyl (C=O) groups is 3. The Hall–Kier alpha value is -2.15. The average Bonchev–Trinajstić information content (AvgIpc) is 3.32. The molecular formula is C22H31NO6. The fraction of sp³-hybridized carbons (Fsp3) is 0.682. The van der Waals surface area contributed by atoms with E-state index < -0.39 is 40.2 Å². The summed E-state index contributed by atoms with van der Waals surface area (Å²) in [5.74, 6) is -0.822. The molecule has 3 aliphatic carbocycles. The van der Waals surface area contributed by atoms with E-state index in [0.717, 1.165) is 5.57 Å². The van der Waals surface area contributed by atoms with Crippen LogP contribution < -0.4 is 5.32 Å². The molecule has 0 heterocycles. The van der Waals surface area contributed by atoms with Gasteiger partial charge in [-0.25, -0.2) is 4.79 Å². The van der Waals surface area contributed by atoms with Crippen molar-refractivity contribution in [1.82, 2.24) is 5.32 Å². The summed E-state index contributed by atoms with van der Waals surface area (Å²) in [4.78, 5) is 37.2. The first-order valence-electron chi connectivity index (χ1n) is 10.0. The van der Waals surface area contributed by atoms with E-state index in [0.29, 0.717) is 24.0 Å². The number of carbonyl (C=O) groups excluding carboxylic acids is 3. The van der Waals surface area contributed by atoms with Gasteiger partial charge in [0.15, 0.2) is 5.78 Å². The Kier molecular flexibility index (Phi) is 4.77. The molecular weight excluding hydrogens is 374 g/mol. The zero-order valence-electron chi connectivity index (χ0n) is 18.3. The number of Topliss-reactive ketones (excluding diaryl/α,β-unsaturated/α-hetero) is 1. The van der Waals surface area contributed by atoms with Crippen LogP contribution >= 0.6 is 0 Å². The van der Waals surface area contributed by atoms with E-state index in [9.17, 15) is 19.5 Å². The number of esters is 1. The van der Waals surface area contributed by atoms with Crippen LogP contribution in [0.2, 0.25) is 0 Å². The summed E-state index contributed by atoms with van der Waals surface area (Å²) in [6.45, 7) is 12.0. The SMILES string of the molecule is CC(=O)O[C@@H]1C2=C(C)C3(CC3)[C@@](C)(O)C(=O)C2=C[C@@]1(C)CNC(=O)OC(C)(C)C. The molecule has 0 aromatic carbocycles. The largest absolute Gasteiger partial charge is 0.457 e. The molecule has 0 bridgehead atoms. The topological polar surface area (TPSA) is 102 Å². The van der Waals surface area contributed by atoms with Gasteiger partial charge in [0.05, 0.1) is 0 Å². The Morgan fingerprint density at radius 1 is 1.28 bits per heavy atom. The van der Waals surface area contributed by atoms with Crippen molar-refractivity contribution in [3.05, 3.63) is 22.8 Å². The second-order valence-electron chi connectivity index (χ2n) is 9.93. The monoisotopic (exact) mass is 405 g/mol. The number of ketones is 1. The molecule has 7 nitrogen and oxygen atoms in total. The smallest absolute Gasteiger partial charge is 0.407 e. The highest BCUT2D eigenvalue weighted by Crippen LogP contribution is 2.65. The first kappa shape index (κ1) is 21.6. The maximum Gasteiger partial charge on any atom is 0.407 e. The van der Waals surface area contributed by atoms with E-state index in [-0.39, 0.29) is 12.3 Å². The molecule has 2 N–H and O–H groups in total. The molecule has 1 saturated carbocycles. The minimum absolute atomic E-state index is 0.114. The lowest BCUT2D eigenvalue weighted by Gasteiger charge is -2.40. The van der Waals surface area contributed by atoms with Crippen LogP contribution in [0, 0.1) is 10.8 Å². The molecule has 1 fully saturated rings. The van der Waals surface area contributed by atoms with Gasteiger partial charge in [-0.3, -0.25) is 9.59 Å². The van der Waals surface area contributed by atoms with E-state index in [4.69, 9.17) is 9.47 Å². The molecule has 160 valence electrons. The molecule has 0 aromatic rings. The number of ether oxygens (including phenoxy) is 2. The molecule has 29 heavy (non-hydrogen) atoms. The molecule has 0 saturated heterocycles. The van der Waals surface area contributed by atoms with Crippen LogP contribution in [0.4, 0.5) is 4.79 Å². The number of fused-ring (bicyclic) bond motifs is 1. The van der Waals surface area contributed by atoms with Gasteiger partial charge in [0, 0.05) is 35.4 Å². The standard InChI is InChI=1S/C22H31NO6/c1-12-15-14(16(25)21(7,27)22(12)8-9-22)10-20(6,17(15)28-13(2)24)11-23-18(26)29-19(3,4)5/h10,17,27H,8-9,11H2,1-7H3,(H,23,26)/t17-,20+,21+/m1/s1. The summed E-state index contributed by atoms with van der Waals surface area (Å²) in [6.07, 6.45) is 1.85. The summed E-state index contributed by atoms with van der Waals surface area (Å²) in [7, 11) is 0. The second kappa shape index (κ2) is 6.42. The molecule has 3 aliphatic rings. The number of alkyl carbamates (subject to hydrolysis) is 1. The molecule has 0 unspecified atom stereocenters. The van der Waals surface area contributed by atoms with Gasteiger partial charge in [0.2, 0.25) is 0 Å². The van der Waals surface area contributed by atoms with Crippen LogP contribution in [0.5, 0.6) is 0 Å². The maximum atomic E-state index is 13.2. The zero-order valence-corrected chi connectivity index (χ0v) is 18.3. The predicted octanol–water partition coefficient (Wildman–Crippen LogP) is 2.82. The third-order valence-corrected chi connectivity index (χ3v) is 6.41. The van der Waals surface area contributed by atoms with Crippen LogP contribution in [0.1, 0.15) is 61.3 Å². The third-order valence-electron chi connectivity index (χ3n) is 6.41. The first-order valence-corrected chi connectivity index (χ1v) is 10.0. The second-order valence-corrected chi connectivity index (χ2v) is 9.93. The summed E-state index contributed by atoms with van der Waals surface area (Å²) in [6, 6.07) is 0. The van der Waals surface area contributed by atoms with Crippen molar-refractivity contribution in [2.75, 3.05) is 6.54 Å². The molecule has 3 atom stereocenters. The summed E-state index contributed by atoms with van der Waals surface area (Å²) < 4.78 is 11.0. The number of hydrogen-bond donors (Lipinski definition) is 2.